The molecule has 0 amide bonds. The molecule has 126 valence electrons. The number of aromatic nitrogens is 7. The van der Waals surface area contributed by atoms with Crippen molar-refractivity contribution < 1.29 is 0 Å². The van der Waals surface area contributed by atoms with E-state index < -0.39 is 0 Å². The van der Waals surface area contributed by atoms with Crippen molar-refractivity contribution in [2.24, 2.45) is 5.92 Å². The number of rotatable bonds is 3. The van der Waals surface area contributed by atoms with E-state index in [0.717, 1.165) is 28.0 Å². The summed E-state index contributed by atoms with van der Waals surface area (Å²) in [6, 6.07) is 2.48. The summed E-state index contributed by atoms with van der Waals surface area (Å²) in [5, 5.41) is 15.9. The van der Waals surface area contributed by atoms with Crippen LogP contribution in [0.5, 0.6) is 0 Å². The maximum atomic E-state index is 4.87. The molecule has 1 aliphatic rings. The van der Waals surface area contributed by atoms with Crippen molar-refractivity contribution in [3.8, 4) is 22.5 Å². The minimum Gasteiger partial charge on any atom is -0.285 e. The Labute approximate surface area is 144 Å². The second-order valence-electron chi connectivity index (χ2n) is 6.81. The van der Waals surface area contributed by atoms with Gasteiger partial charge in [0.2, 0.25) is 0 Å². The lowest BCUT2D eigenvalue weighted by Crippen LogP contribution is -2.11. The summed E-state index contributed by atoms with van der Waals surface area (Å²) in [5.74, 6) is 0.674. The lowest BCUT2D eigenvalue weighted by Gasteiger charge is -2.15. The molecular weight excluding hydrogens is 314 g/mol. The van der Waals surface area contributed by atoms with E-state index in [1.165, 1.54) is 19.3 Å². The molecule has 4 aromatic heterocycles. The maximum Gasteiger partial charge on any atom is 0.0999 e. The quantitative estimate of drug-likeness (QED) is 0.624. The third-order valence-corrected chi connectivity index (χ3v) is 5.21. The van der Waals surface area contributed by atoms with Gasteiger partial charge in [0, 0.05) is 23.5 Å². The summed E-state index contributed by atoms with van der Waals surface area (Å²) >= 11 is 0. The van der Waals surface area contributed by atoms with Crippen molar-refractivity contribution in [3.05, 3.63) is 43.2 Å². The van der Waals surface area contributed by atoms with Gasteiger partial charge in [-0.25, -0.2) is 9.50 Å². The Morgan fingerprint density at radius 2 is 2.08 bits per heavy atom. The first-order valence-corrected chi connectivity index (χ1v) is 8.67. The molecule has 0 unspecified atom stereocenters. The highest BCUT2D eigenvalue weighted by Crippen LogP contribution is 2.36. The molecule has 2 atom stereocenters. The molecule has 25 heavy (non-hydrogen) atoms. The zero-order valence-electron chi connectivity index (χ0n) is 14.0. The smallest absolute Gasteiger partial charge is 0.0999 e. The average molecular weight is 333 g/mol. The minimum absolute atomic E-state index is 0.492. The number of hydrogen-bond donors (Lipinski definition) is 1. The third-order valence-electron chi connectivity index (χ3n) is 5.21. The van der Waals surface area contributed by atoms with Gasteiger partial charge in [-0.05, 0) is 24.8 Å². The Morgan fingerprint density at radius 3 is 2.88 bits per heavy atom. The highest BCUT2D eigenvalue weighted by atomic mass is 15.3. The Kier molecular flexibility index (Phi) is 3.19. The van der Waals surface area contributed by atoms with E-state index in [2.05, 4.69) is 38.2 Å². The van der Waals surface area contributed by atoms with Gasteiger partial charge in [0.05, 0.1) is 47.7 Å². The van der Waals surface area contributed by atoms with E-state index in [9.17, 15) is 0 Å². The van der Waals surface area contributed by atoms with Crippen LogP contribution in [0.4, 0.5) is 0 Å². The van der Waals surface area contributed by atoms with Crippen LogP contribution >= 0.6 is 0 Å². The van der Waals surface area contributed by atoms with Gasteiger partial charge in [-0.15, -0.1) is 0 Å². The molecule has 4 heterocycles. The summed E-state index contributed by atoms with van der Waals surface area (Å²) < 4.78 is 3.98. The lowest BCUT2D eigenvalue weighted by atomic mass is 10.1. The summed E-state index contributed by atoms with van der Waals surface area (Å²) in [7, 11) is 0. The summed E-state index contributed by atoms with van der Waals surface area (Å²) in [6.07, 6.45) is 15.1. The number of aromatic amines is 1. The molecule has 7 heteroatoms. The van der Waals surface area contributed by atoms with Crippen LogP contribution in [-0.2, 0) is 0 Å². The highest BCUT2D eigenvalue weighted by molar-refractivity contribution is 5.78. The molecule has 0 radical (unpaired) electrons. The van der Waals surface area contributed by atoms with Crippen molar-refractivity contribution in [2.75, 3.05) is 0 Å². The largest absolute Gasteiger partial charge is 0.285 e. The lowest BCUT2D eigenvalue weighted by molar-refractivity contribution is 0.375. The Morgan fingerprint density at radius 1 is 1.12 bits per heavy atom. The van der Waals surface area contributed by atoms with E-state index in [4.69, 9.17) is 4.98 Å². The van der Waals surface area contributed by atoms with E-state index in [1.54, 1.807) is 12.4 Å². The standard InChI is InChI=1S/C18H19N7/c1-12-3-2-4-16(12)24-10-14(9-22-24)18-17-5-6-21-25(17)11-15(23-18)13-7-19-20-8-13/h5-12,16H,2-4H2,1H3,(H,19,20)/t12-,16+/m0/s1. The molecule has 0 aromatic carbocycles. The van der Waals surface area contributed by atoms with E-state index >= 15 is 0 Å². The first kappa shape index (κ1) is 14.4. The van der Waals surface area contributed by atoms with Crippen molar-refractivity contribution >= 4 is 5.52 Å². The molecule has 0 saturated heterocycles. The first-order valence-electron chi connectivity index (χ1n) is 8.67. The molecule has 0 aliphatic heterocycles. The zero-order valence-corrected chi connectivity index (χ0v) is 14.0. The van der Waals surface area contributed by atoms with Gasteiger partial charge in [-0.1, -0.05) is 13.3 Å². The van der Waals surface area contributed by atoms with Gasteiger partial charge in [0.15, 0.2) is 0 Å². The topological polar surface area (TPSA) is 76.7 Å². The summed E-state index contributed by atoms with van der Waals surface area (Å²) in [4.78, 5) is 4.87. The average Bonchev–Trinajstić information content (AvgIpc) is 3.39. The van der Waals surface area contributed by atoms with Crippen molar-refractivity contribution in [1.29, 1.82) is 0 Å². The van der Waals surface area contributed by atoms with Gasteiger partial charge >= 0.3 is 0 Å². The number of hydrogen-bond acceptors (Lipinski definition) is 4. The Bertz CT molecular complexity index is 1010. The van der Waals surface area contributed by atoms with Crippen LogP contribution in [0.25, 0.3) is 28.0 Å². The molecule has 1 N–H and O–H groups in total. The van der Waals surface area contributed by atoms with Gasteiger partial charge in [0.1, 0.15) is 0 Å². The van der Waals surface area contributed by atoms with Gasteiger partial charge in [-0.3, -0.25) is 9.78 Å². The monoisotopic (exact) mass is 333 g/mol. The SMILES string of the molecule is C[C@H]1CCC[C@H]1n1cc(-c2nc(-c3cn[nH]c3)cn3nccc23)cn1. The fourth-order valence-electron chi connectivity index (χ4n) is 3.83. The molecule has 4 aromatic rings. The molecule has 1 saturated carbocycles. The fraction of sp³-hybridized carbons (Fsp3) is 0.333. The van der Waals surface area contributed by atoms with Crippen LogP contribution < -0.4 is 0 Å². The predicted octanol–water partition coefficient (Wildman–Crippen LogP) is 3.34. The van der Waals surface area contributed by atoms with Gasteiger partial charge in [-0.2, -0.15) is 15.3 Å². The molecular formula is C18H19N7. The summed E-state index contributed by atoms with van der Waals surface area (Å²) in [5.41, 5.74) is 4.67. The molecule has 0 spiro atoms. The van der Waals surface area contributed by atoms with Crippen molar-refractivity contribution in [2.45, 2.75) is 32.2 Å². The van der Waals surface area contributed by atoms with Crippen LogP contribution in [0.3, 0.4) is 0 Å². The molecule has 1 fully saturated rings. The third kappa shape index (κ3) is 2.34. The van der Waals surface area contributed by atoms with Gasteiger partial charge in [0.25, 0.3) is 0 Å². The molecule has 5 rings (SSSR count). The Hall–Kier alpha value is -2.96. The number of H-pyrrole nitrogens is 1. The minimum atomic E-state index is 0.492. The van der Waals surface area contributed by atoms with Crippen molar-refractivity contribution in [3.63, 3.8) is 0 Å². The van der Waals surface area contributed by atoms with E-state index in [1.807, 2.05) is 29.2 Å². The zero-order chi connectivity index (χ0) is 16.8. The number of fused-ring (bicyclic) bond motifs is 1. The number of nitrogens with one attached hydrogen (secondary N) is 1. The van der Waals surface area contributed by atoms with Crippen molar-refractivity contribution in [1.82, 2.24) is 34.6 Å². The van der Waals surface area contributed by atoms with Crippen LogP contribution in [-0.4, -0.2) is 34.6 Å². The molecule has 7 nitrogen and oxygen atoms in total. The van der Waals surface area contributed by atoms with Crippen LogP contribution in [0.1, 0.15) is 32.2 Å². The predicted molar refractivity (Wildman–Crippen MR) is 93.8 cm³/mol. The first-order chi connectivity index (χ1) is 12.3. The number of nitrogens with zero attached hydrogens (tertiary/aromatic N) is 6. The van der Waals surface area contributed by atoms with Crippen LogP contribution in [0.15, 0.2) is 43.2 Å². The van der Waals surface area contributed by atoms with E-state index in [-0.39, 0.29) is 0 Å². The van der Waals surface area contributed by atoms with Gasteiger partial charge < -0.3 is 0 Å². The maximum absolute atomic E-state index is 4.87. The molecule has 0 bridgehead atoms. The highest BCUT2D eigenvalue weighted by Gasteiger charge is 2.26. The summed E-state index contributed by atoms with van der Waals surface area (Å²) in [6.45, 7) is 2.31. The second kappa shape index (κ2) is 5.54. The van der Waals surface area contributed by atoms with Crippen LogP contribution in [0, 0.1) is 5.92 Å². The fourth-order valence-corrected chi connectivity index (χ4v) is 3.83. The normalized spacial score (nSPS) is 20.5. The second-order valence-corrected chi connectivity index (χ2v) is 6.81. The van der Waals surface area contributed by atoms with E-state index in [0.29, 0.717) is 12.0 Å². The van der Waals surface area contributed by atoms with Crippen LogP contribution in [0.2, 0.25) is 0 Å². The Balaban J connectivity index is 1.63. The molecule has 1 aliphatic carbocycles.